The molecule has 0 fully saturated rings. The van der Waals surface area contributed by atoms with Crippen LogP contribution in [0.15, 0.2) is 0 Å². The van der Waals surface area contributed by atoms with E-state index in [2.05, 4.69) is 0 Å². The molecule has 3 N–H and O–H groups in total. The van der Waals surface area contributed by atoms with E-state index in [0.29, 0.717) is 13.1 Å². The number of hydrogen-bond donors (Lipinski definition) is 2. The van der Waals surface area contributed by atoms with Crippen molar-refractivity contribution in [2.45, 2.75) is 19.4 Å². The molecule has 0 amide bonds. The standard InChI is InChI=1S/C7H16N2O2/c1-6(5-8)9(2)4-3-7(10)11/h6H,3-5,8H2,1-2H3,(H,10,11). The Morgan fingerprint density at radius 1 is 1.73 bits per heavy atom. The molecule has 0 aromatic carbocycles. The zero-order valence-corrected chi connectivity index (χ0v) is 7.08. The molecule has 1 unspecified atom stereocenters. The van der Waals surface area contributed by atoms with E-state index in [9.17, 15) is 4.79 Å². The molecular formula is C7H16N2O2. The molecule has 0 spiro atoms. The smallest absolute Gasteiger partial charge is 0.304 e. The van der Waals surface area contributed by atoms with Crippen molar-refractivity contribution in [3.63, 3.8) is 0 Å². The summed E-state index contributed by atoms with van der Waals surface area (Å²) in [6, 6.07) is 0.259. The van der Waals surface area contributed by atoms with Gasteiger partial charge in [-0.3, -0.25) is 4.79 Å². The van der Waals surface area contributed by atoms with Gasteiger partial charge in [-0.1, -0.05) is 0 Å². The number of nitrogens with zero attached hydrogens (tertiary/aromatic N) is 1. The fourth-order valence-electron chi connectivity index (χ4n) is 0.672. The maximum atomic E-state index is 10.2. The minimum absolute atomic E-state index is 0.181. The summed E-state index contributed by atoms with van der Waals surface area (Å²) in [7, 11) is 1.88. The summed E-state index contributed by atoms with van der Waals surface area (Å²) >= 11 is 0. The quantitative estimate of drug-likeness (QED) is 0.581. The van der Waals surface area contributed by atoms with Crippen molar-refractivity contribution in [2.75, 3.05) is 20.1 Å². The van der Waals surface area contributed by atoms with Gasteiger partial charge in [0.15, 0.2) is 0 Å². The van der Waals surface area contributed by atoms with E-state index in [-0.39, 0.29) is 12.5 Å². The first-order valence-corrected chi connectivity index (χ1v) is 3.70. The van der Waals surface area contributed by atoms with Crippen molar-refractivity contribution in [2.24, 2.45) is 5.73 Å². The number of aliphatic carboxylic acids is 1. The third-order valence-corrected chi connectivity index (χ3v) is 1.77. The molecule has 0 heterocycles. The molecule has 0 aliphatic carbocycles. The second-order valence-corrected chi connectivity index (χ2v) is 2.71. The monoisotopic (exact) mass is 160 g/mol. The number of likely N-dealkylation sites (N-methyl/N-ethyl adjacent to an activating group) is 1. The molecule has 4 nitrogen and oxygen atoms in total. The molecule has 66 valence electrons. The zero-order valence-electron chi connectivity index (χ0n) is 7.08. The Kier molecular flexibility index (Phi) is 4.81. The Labute approximate surface area is 67.0 Å². The predicted molar refractivity (Wildman–Crippen MR) is 43.4 cm³/mol. The highest BCUT2D eigenvalue weighted by Crippen LogP contribution is 1.94. The van der Waals surface area contributed by atoms with Gasteiger partial charge in [-0.15, -0.1) is 0 Å². The van der Waals surface area contributed by atoms with Gasteiger partial charge in [-0.05, 0) is 14.0 Å². The number of nitrogens with two attached hydrogens (primary N) is 1. The molecule has 0 bridgehead atoms. The van der Waals surface area contributed by atoms with E-state index in [1.165, 1.54) is 0 Å². The number of carboxylic acids is 1. The highest BCUT2D eigenvalue weighted by Gasteiger charge is 2.07. The summed E-state index contributed by atoms with van der Waals surface area (Å²) in [5.74, 6) is -0.763. The normalized spacial score (nSPS) is 13.5. The molecule has 1 atom stereocenters. The lowest BCUT2D eigenvalue weighted by atomic mass is 10.3. The highest BCUT2D eigenvalue weighted by molar-refractivity contribution is 5.66. The van der Waals surface area contributed by atoms with Crippen LogP contribution in [0.5, 0.6) is 0 Å². The van der Waals surface area contributed by atoms with Gasteiger partial charge in [0.1, 0.15) is 0 Å². The van der Waals surface area contributed by atoms with Gasteiger partial charge in [0.25, 0.3) is 0 Å². The van der Waals surface area contributed by atoms with Crippen LogP contribution in [0.3, 0.4) is 0 Å². The summed E-state index contributed by atoms with van der Waals surface area (Å²) in [6.07, 6.45) is 0.181. The van der Waals surface area contributed by atoms with Gasteiger partial charge >= 0.3 is 5.97 Å². The third kappa shape index (κ3) is 4.75. The lowest BCUT2D eigenvalue weighted by Crippen LogP contribution is -2.36. The number of hydrogen-bond acceptors (Lipinski definition) is 3. The highest BCUT2D eigenvalue weighted by atomic mass is 16.4. The average molecular weight is 160 g/mol. The summed E-state index contributed by atoms with van der Waals surface area (Å²) in [6.45, 7) is 3.10. The Bertz CT molecular complexity index is 128. The summed E-state index contributed by atoms with van der Waals surface area (Å²) < 4.78 is 0. The van der Waals surface area contributed by atoms with E-state index in [0.717, 1.165) is 0 Å². The molecule has 0 aliphatic rings. The minimum atomic E-state index is -0.763. The van der Waals surface area contributed by atoms with Crippen molar-refractivity contribution in [3.05, 3.63) is 0 Å². The van der Waals surface area contributed by atoms with Crippen molar-refractivity contribution < 1.29 is 9.90 Å². The fraction of sp³-hybridized carbons (Fsp3) is 0.857. The Morgan fingerprint density at radius 3 is 2.64 bits per heavy atom. The van der Waals surface area contributed by atoms with Crippen LogP contribution in [0.25, 0.3) is 0 Å². The largest absolute Gasteiger partial charge is 0.481 e. The summed E-state index contributed by atoms with van der Waals surface area (Å²) in [4.78, 5) is 12.1. The van der Waals surface area contributed by atoms with Crippen LogP contribution in [-0.4, -0.2) is 42.2 Å². The Balaban J connectivity index is 3.51. The Morgan fingerprint density at radius 2 is 2.27 bits per heavy atom. The Hall–Kier alpha value is -0.610. The van der Waals surface area contributed by atoms with Gasteiger partial charge in [-0.2, -0.15) is 0 Å². The van der Waals surface area contributed by atoms with Gasteiger partial charge in [0.2, 0.25) is 0 Å². The molecule has 0 rings (SSSR count). The molecule has 4 heteroatoms. The van der Waals surface area contributed by atoms with Crippen LogP contribution < -0.4 is 5.73 Å². The van der Waals surface area contributed by atoms with Crippen LogP contribution >= 0.6 is 0 Å². The van der Waals surface area contributed by atoms with Crippen LogP contribution in [0.2, 0.25) is 0 Å². The molecule has 0 radical (unpaired) electrons. The van der Waals surface area contributed by atoms with Gasteiger partial charge in [0, 0.05) is 19.1 Å². The van der Waals surface area contributed by atoms with Crippen molar-refractivity contribution in [1.29, 1.82) is 0 Å². The number of rotatable bonds is 5. The molecule has 0 saturated carbocycles. The van der Waals surface area contributed by atoms with Crippen molar-refractivity contribution >= 4 is 5.97 Å². The molecule has 0 saturated heterocycles. The second kappa shape index (κ2) is 5.09. The zero-order chi connectivity index (χ0) is 8.85. The lowest BCUT2D eigenvalue weighted by molar-refractivity contribution is -0.137. The van der Waals surface area contributed by atoms with E-state index in [1.54, 1.807) is 0 Å². The van der Waals surface area contributed by atoms with Crippen LogP contribution in [-0.2, 0) is 4.79 Å². The minimum Gasteiger partial charge on any atom is -0.481 e. The topological polar surface area (TPSA) is 66.6 Å². The maximum Gasteiger partial charge on any atom is 0.304 e. The van der Waals surface area contributed by atoms with E-state index < -0.39 is 5.97 Å². The van der Waals surface area contributed by atoms with Gasteiger partial charge < -0.3 is 15.7 Å². The fourth-order valence-corrected chi connectivity index (χ4v) is 0.672. The van der Waals surface area contributed by atoms with Crippen LogP contribution in [0, 0.1) is 0 Å². The predicted octanol–water partition coefficient (Wildman–Crippen LogP) is -0.260. The summed E-state index contributed by atoms with van der Waals surface area (Å²) in [5.41, 5.74) is 5.39. The molecule has 0 aromatic rings. The molecule has 0 aliphatic heterocycles. The molecule has 11 heavy (non-hydrogen) atoms. The van der Waals surface area contributed by atoms with E-state index >= 15 is 0 Å². The SMILES string of the molecule is CC(CN)N(C)CCC(=O)O. The first kappa shape index (κ1) is 10.4. The van der Waals surface area contributed by atoms with Crippen molar-refractivity contribution in [3.8, 4) is 0 Å². The first-order valence-electron chi connectivity index (χ1n) is 3.70. The van der Waals surface area contributed by atoms with Gasteiger partial charge in [-0.25, -0.2) is 0 Å². The van der Waals surface area contributed by atoms with Crippen LogP contribution in [0.1, 0.15) is 13.3 Å². The van der Waals surface area contributed by atoms with E-state index in [4.69, 9.17) is 10.8 Å². The van der Waals surface area contributed by atoms with E-state index in [1.807, 2.05) is 18.9 Å². The average Bonchev–Trinajstić information content (AvgIpc) is 1.98. The van der Waals surface area contributed by atoms with Gasteiger partial charge in [0.05, 0.1) is 6.42 Å². The molecule has 0 aromatic heterocycles. The second-order valence-electron chi connectivity index (χ2n) is 2.71. The first-order chi connectivity index (χ1) is 5.07. The lowest BCUT2D eigenvalue weighted by Gasteiger charge is -2.21. The van der Waals surface area contributed by atoms with Crippen molar-refractivity contribution in [1.82, 2.24) is 4.90 Å². The third-order valence-electron chi connectivity index (χ3n) is 1.77. The number of carboxylic acid groups (broad SMARTS) is 1. The molecular weight excluding hydrogens is 144 g/mol. The maximum absolute atomic E-state index is 10.2. The number of carbonyl (C=O) groups is 1. The van der Waals surface area contributed by atoms with Crippen LogP contribution in [0.4, 0.5) is 0 Å². The summed E-state index contributed by atoms with van der Waals surface area (Å²) in [5, 5.41) is 8.36.